The van der Waals surface area contributed by atoms with Crippen LogP contribution in [0, 0.1) is 6.92 Å². The first kappa shape index (κ1) is 12.2. The van der Waals surface area contributed by atoms with E-state index in [-0.39, 0.29) is 11.3 Å². The Balaban J connectivity index is 3.30. The number of hydrogen-bond acceptors (Lipinski definition) is 3. The van der Waals surface area contributed by atoms with Gasteiger partial charge in [-0.1, -0.05) is 6.92 Å². The van der Waals surface area contributed by atoms with Crippen molar-refractivity contribution in [3.63, 3.8) is 0 Å². The van der Waals surface area contributed by atoms with Gasteiger partial charge in [0.1, 0.15) is 11.3 Å². The van der Waals surface area contributed by atoms with Crippen LogP contribution in [0.5, 0.6) is 5.75 Å². The Bertz CT molecular complexity index is 435. The Morgan fingerprint density at radius 2 is 2.00 bits per heavy atom. The molecule has 4 heteroatoms. The highest BCUT2D eigenvalue weighted by Gasteiger charge is 2.15. The lowest BCUT2D eigenvalue weighted by molar-refractivity contribution is -0.131. The van der Waals surface area contributed by atoms with Crippen molar-refractivity contribution in [2.45, 2.75) is 27.2 Å². The topological polar surface area (TPSA) is 63.6 Å². The van der Waals surface area contributed by atoms with Crippen LogP contribution in [0.3, 0.4) is 0 Å². The smallest absolute Gasteiger partial charge is 0.339 e. The molecule has 0 saturated carbocycles. The van der Waals surface area contributed by atoms with Crippen molar-refractivity contribution in [2.75, 3.05) is 0 Å². The van der Waals surface area contributed by atoms with E-state index in [1.807, 2.05) is 13.8 Å². The lowest BCUT2D eigenvalue weighted by Gasteiger charge is -2.10. The van der Waals surface area contributed by atoms with E-state index >= 15 is 0 Å². The number of benzene rings is 1. The number of carboxylic acids is 1. The van der Waals surface area contributed by atoms with Gasteiger partial charge in [-0.15, -0.1) is 0 Å². The number of esters is 1. The van der Waals surface area contributed by atoms with Crippen LogP contribution in [0.1, 0.15) is 35.3 Å². The quantitative estimate of drug-likeness (QED) is 0.629. The van der Waals surface area contributed by atoms with Crippen molar-refractivity contribution in [1.82, 2.24) is 0 Å². The molecule has 0 aromatic heterocycles. The summed E-state index contributed by atoms with van der Waals surface area (Å²) < 4.78 is 4.87. The van der Waals surface area contributed by atoms with Gasteiger partial charge in [0.15, 0.2) is 0 Å². The van der Waals surface area contributed by atoms with E-state index in [0.29, 0.717) is 0 Å². The van der Waals surface area contributed by atoms with Crippen LogP contribution in [0.15, 0.2) is 12.1 Å². The third-order valence-electron chi connectivity index (χ3n) is 2.30. The molecule has 0 saturated heterocycles. The maximum Gasteiger partial charge on any atom is 0.339 e. The second-order valence-corrected chi connectivity index (χ2v) is 3.53. The zero-order valence-corrected chi connectivity index (χ0v) is 9.53. The van der Waals surface area contributed by atoms with Gasteiger partial charge in [0.2, 0.25) is 0 Å². The van der Waals surface area contributed by atoms with Crippen LogP contribution >= 0.6 is 0 Å². The molecule has 0 spiro atoms. The highest BCUT2D eigenvalue weighted by Crippen LogP contribution is 2.24. The Labute approximate surface area is 93.9 Å². The average Bonchev–Trinajstić information content (AvgIpc) is 2.16. The van der Waals surface area contributed by atoms with Crippen LogP contribution in [0.4, 0.5) is 0 Å². The highest BCUT2D eigenvalue weighted by atomic mass is 16.5. The van der Waals surface area contributed by atoms with E-state index in [9.17, 15) is 9.59 Å². The molecule has 16 heavy (non-hydrogen) atoms. The van der Waals surface area contributed by atoms with Crippen LogP contribution in [0.25, 0.3) is 0 Å². The van der Waals surface area contributed by atoms with Crippen LogP contribution < -0.4 is 4.74 Å². The fraction of sp³-hybridized carbons (Fsp3) is 0.333. The van der Waals surface area contributed by atoms with Gasteiger partial charge in [0, 0.05) is 6.92 Å². The fourth-order valence-electron chi connectivity index (χ4n) is 1.51. The summed E-state index contributed by atoms with van der Waals surface area (Å²) >= 11 is 0. The molecule has 0 radical (unpaired) electrons. The van der Waals surface area contributed by atoms with Gasteiger partial charge in [-0.25, -0.2) is 4.79 Å². The summed E-state index contributed by atoms with van der Waals surface area (Å²) in [6.07, 6.45) is 0.743. The molecule has 0 aliphatic rings. The first-order valence-corrected chi connectivity index (χ1v) is 5.01. The molecule has 1 N–H and O–H groups in total. The van der Waals surface area contributed by atoms with Gasteiger partial charge in [-0.05, 0) is 36.6 Å². The number of carbonyl (C=O) groups excluding carboxylic acids is 1. The molecule has 0 amide bonds. The third kappa shape index (κ3) is 2.59. The van der Waals surface area contributed by atoms with E-state index in [1.165, 1.54) is 6.92 Å². The van der Waals surface area contributed by atoms with E-state index < -0.39 is 11.9 Å². The normalized spacial score (nSPS) is 9.94. The number of hydrogen-bond donors (Lipinski definition) is 1. The van der Waals surface area contributed by atoms with Gasteiger partial charge in [-0.2, -0.15) is 0 Å². The molecule has 0 unspecified atom stereocenters. The first-order valence-electron chi connectivity index (χ1n) is 5.01. The number of aryl methyl sites for hydroxylation is 2. The summed E-state index contributed by atoms with van der Waals surface area (Å²) in [5.41, 5.74) is 1.88. The Morgan fingerprint density at radius 1 is 1.38 bits per heavy atom. The summed E-state index contributed by atoms with van der Waals surface area (Å²) in [5.74, 6) is -1.51. The molecule has 0 bridgehead atoms. The number of carboxylic acid groups (broad SMARTS) is 1. The second kappa shape index (κ2) is 4.79. The molecule has 4 nitrogen and oxygen atoms in total. The van der Waals surface area contributed by atoms with Crippen LogP contribution in [-0.4, -0.2) is 17.0 Å². The molecule has 0 fully saturated rings. The van der Waals surface area contributed by atoms with Crippen molar-refractivity contribution in [2.24, 2.45) is 0 Å². The summed E-state index contributed by atoms with van der Waals surface area (Å²) in [4.78, 5) is 21.8. The lowest BCUT2D eigenvalue weighted by Crippen LogP contribution is -2.08. The lowest BCUT2D eigenvalue weighted by atomic mass is 10.0. The Hall–Kier alpha value is -1.84. The largest absolute Gasteiger partial charge is 0.478 e. The minimum atomic E-state index is -1.09. The average molecular weight is 222 g/mol. The summed E-state index contributed by atoms with van der Waals surface area (Å²) in [6.45, 7) is 5.05. The minimum Gasteiger partial charge on any atom is -0.478 e. The predicted molar refractivity (Wildman–Crippen MR) is 58.8 cm³/mol. The number of rotatable bonds is 3. The molecule has 1 aromatic carbocycles. The predicted octanol–water partition coefficient (Wildman–Crippen LogP) is 2.18. The molecule has 1 aromatic rings. The van der Waals surface area contributed by atoms with Crippen molar-refractivity contribution >= 4 is 11.9 Å². The maximum atomic E-state index is 11.0. The SMILES string of the molecule is CCc1cc(C(=O)O)c(OC(C)=O)cc1C. The molecule has 0 atom stereocenters. The molecule has 0 heterocycles. The summed E-state index contributed by atoms with van der Waals surface area (Å²) in [6, 6.07) is 3.14. The van der Waals surface area contributed by atoms with E-state index in [1.54, 1.807) is 12.1 Å². The van der Waals surface area contributed by atoms with Gasteiger partial charge in [0.05, 0.1) is 0 Å². The first-order chi connectivity index (χ1) is 7.45. The maximum absolute atomic E-state index is 11.0. The van der Waals surface area contributed by atoms with Gasteiger partial charge < -0.3 is 9.84 Å². The van der Waals surface area contributed by atoms with E-state index in [4.69, 9.17) is 9.84 Å². The Kier molecular flexibility index (Phi) is 3.66. The van der Waals surface area contributed by atoms with Gasteiger partial charge in [-0.3, -0.25) is 4.79 Å². The fourth-order valence-corrected chi connectivity index (χ4v) is 1.51. The van der Waals surface area contributed by atoms with E-state index in [2.05, 4.69) is 0 Å². The standard InChI is InChI=1S/C12H14O4/c1-4-9-6-10(12(14)15)11(5-7(9)2)16-8(3)13/h5-6H,4H2,1-3H3,(H,14,15). The minimum absolute atomic E-state index is 0.0256. The molecule has 86 valence electrons. The van der Waals surface area contributed by atoms with Gasteiger partial charge >= 0.3 is 11.9 Å². The summed E-state index contributed by atoms with van der Waals surface area (Å²) in [5, 5.41) is 9.00. The van der Waals surface area contributed by atoms with Crippen LogP contribution in [0.2, 0.25) is 0 Å². The number of ether oxygens (including phenoxy) is 1. The molecule has 0 aliphatic heterocycles. The third-order valence-corrected chi connectivity index (χ3v) is 2.30. The highest BCUT2D eigenvalue weighted by molar-refractivity contribution is 5.92. The second-order valence-electron chi connectivity index (χ2n) is 3.53. The zero-order chi connectivity index (χ0) is 12.3. The number of carbonyl (C=O) groups is 2. The molecule has 0 aliphatic carbocycles. The molecular weight excluding hydrogens is 208 g/mol. The van der Waals surface area contributed by atoms with Crippen molar-refractivity contribution in [3.8, 4) is 5.75 Å². The molecule has 1 rings (SSSR count). The van der Waals surface area contributed by atoms with Gasteiger partial charge in [0.25, 0.3) is 0 Å². The number of aromatic carboxylic acids is 1. The van der Waals surface area contributed by atoms with Crippen LogP contribution in [-0.2, 0) is 11.2 Å². The summed E-state index contributed by atoms with van der Waals surface area (Å²) in [7, 11) is 0. The van der Waals surface area contributed by atoms with Crippen molar-refractivity contribution in [3.05, 3.63) is 28.8 Å². The zero-order valence-electron chi connectivity index (χ0n) is 9.53. The molecular formula is C12H14O4. The van der Waals surface area contributed by atoms with Crippen molar-refractivity contribution < 1.29 is 19.4 Å². The van der Waals surface area contributed by atoms with Crippen molar-refractivity contribution in [1.29, 1.82) is 0 Å². The monoisotopic (exact) mass is 222 g/mol. The van der Waals surface area contributed by atoms with E-state index in [0.717, 1.165) is 17.5 Å². The Morgan fingerprint density at radius 3 is 2.44 bits per heavy atom.